The van der Waals surface area contributed by atoms with E-state index in [1.54, 1.807) is 0 Å². The van der Waals surface area contributed by atoms with Crippen molar-refractivity contribution in [2.45, 2.75) is 69.5 Å². The van der Waals surface area contributed by atoms with E-state index in [1.807, 2.05) is 6.92 Å². The lowest BCUT2D eigenvalue weighted by atomic mass is 9.96. The highest BCUT2D eigenvalue weighted by molar-refractivity contribution is 7.80. The zero-order valence-corrected chi connectivity index (χ0v) is 12.4. The van der Waals surface area contributed by atoms with Crippen LogP contribution in [0.4, 0.5) is 0 Å². The summed E-state index contributed by atoms with van der Waals surface area (Å²) < 4.78 is 0. The first-order valence-corrected chi connectivity index (χ1v) is 7.81. The smallest absolute Gasteiger partial charge is 0.238 e. The Morgan fingerprint density at radius 1 is 1.05 bits per heavy atom. The Labute approximate surface area is 120 Å². The molecular weight excluding hydrogens is 258 g/mol. The van der Waals surface area contributed by atoms with Gasteiger partial charge in [-0.1, -0.05) is 38.5 Å². The SMILES string of the molecule is CC(S)c1nnc(C2CCCCCCCC2)nc1O. The molecule has 0 radical (unpaired) electrons. The van der Waals surface area contributed by atoms with Crippen molar-refractivity contribution >= 4 is 12.6 Å². The molecule has 1 aromatic rings. The molecule has 1 aliphatic rings. The van der Waals surface area contributed by atoms with Crippen LogP contribution in [0.3, 0.4) is 0 Å². The fourth-order valence-electron chi connectivity index (χ4n) is 2.67. The van der Waals surface area contributed by atoms with E-state index in [0.29, 0.717) is 17.4 Å². The maximum Gasteiger partial charge on any atom is 0.238 e. The third kappa shape index (κ3) is 4.06. The summed E-state index contributed by atoms with van der Waals surface area (Å²) in [4.78, 5) is 4.25. The number of aromatic hydroxyl groups is 1. The molecule has 106 valence electrons. The number of hydrogen-bond acceptors (Lipinski definition) is 5. The fourth-order valence-corrected chi connectivity index (χ4v) is 2.84. The monoisotopic (exact) mass is 281 g/mol. The van der Waals surface area contributed by atoms with Crippen molar-refractivity contribution in [1.29, 1.82) is 0 Å². The van der Waals surface area contributed by atoms with Crippen molar-refractivity contribution < 1.29 is 5.11 Å². The Bertz CT molecular complexity index is 402. The zero-order valence-electron chi connectivity index (χ0n) is 11.5. The summed E-state index contributed by atoms with van der Waals surface area (Å²) in [6.07, 6.45) is 9.93. The normalized spacial score (nSPS) is 20.3. The molecule has 0 spiro atoms. The average Bonchev–Trinajstić information content (AvgIpc) is 2.51. The molecule has 0 bridgehead atoms. The van der Waals surface area contributed by atoms with Crippen LogP contribution in [0.15, 0.2) is 0 Å². The highest BCUT2D eigenvalue weighted by atomic mass is 32.1. The van der Waals surface area contributed by atoms with Crippen LogP contribution in [-0.2, 0) is 0 Å². The molecule has 1 fully saturated rings. The van der Waals surface area contributed by atoms with Crippen molar-refractivity contribution in [3.8, 4) is 5.88 Å². The Balaban J connectivity index is 2.12. The summed E-state index contributed by atoms with van der Waals surface area (Å²) in [5, 5.41) is 18.1. The fraction of sp³-hybridized carbons (Fsp3) is 0.786. The van der Waals surface area contributed by atoms with E-state index < -0.39 is 0 Å². The van der Waals surface area contributed by atoms with Crippen LogP contribution in [0.2, 0.25) is 0 Å². The van der Waals surface area contributed by atoms with Crippen molar-refractivity contribution in [2.24, 2.45) is 0 Å². The summed E-state index contributed by atoms with van der Waals surface area (Å²) in [5.74, 6) is 1.05. The molecular formula is C14H23N3OS. The van der Waals surface area contributed by atoms with Gasteiger partial charge < -0.3 is 5.11 Å². The number of aromatic nitrogens is 3. The molecule has 1 saturated carbocycles. The summed E-state index contributed by atoms with van der Waals surface area (Å²) in [5.41, 5.74) is 0.468. The van der Waals surface area contributed by atoms with E-state index in [0.717, 1.165) is 12.8 Å². The molecule has 0 aromatic carbocycles. The summed E-state index contributed by atoms with van der Waals surface area (Å²) in [6, 6.07) is 0. The zero-order chi connectivity index (χ0) is 13.7. The van der Waals surface area contributed by atoms with Crippen LogP contribution in [0.1, 0.15) is 81.0 Å². The topological polar surface area (TPSA) is 58.9 Å². The third-order valence-corrected chi connectivity index (χ3v) is 4.07. The predicted octanol–water partition coefficient (Wildman–Crippen LogP) is 3.79. The van der Waals surface area contributed by atoms with Gasteiger partial charge in [0.1, 0.15) is 5.69 Å². The van der Waals surface area contributed by atoms with Crippen LogP contribution in [0.5, 0.6) is 5.88 Å². The molecule has 0 saturated heterocycles. The van der Waals surface area contributed by atoms with Gasteiger partial charge in [-0.05, 0) is 19.8 Å². The lowest BCUT2D eigenvalue weighted by molar-refractivity contribution is 0.421. The maximum absolute atomic E-state index is 9.91. The van der Waals surface area contributed by atoms with E-state index in [-0.39, 0.29) is 11.1 Å². The minimum absolute atomic E-state index is 0.00706. The van der Waals surface area contributed by atoms with Gasteiger partial charge in [-0.25, -0.2) is 0 Å². The van der Waals surface area contributed by atoms with Crippen molar-refractivity contribution in [3.05, 3.63) is 11.5 Å². The first kappa shape index (κ1) is 14.6. The highest BCUT2D eigenvalue weighted by Crippen LogP contribution is 2.30. The molecule has 0 aliphatic heterocycles. The molecule has 2 rings (SSSR count). The second-order valence-electron chi connectivity index (χ2n) is 5.45. The third-order valence-electron chi connectivity index (χ3n) is 3.83. The Morgan fingerprint density at radius 2 is 1.63 bits per heavy atom. The molecule has 1 aliphatic carbocycles. The van der Waals surface area contributed by atoms with Crippen LogP contribution >= 0.6 is 12.6 Å². The molecule has 0 amide bonds. The first-order valence-electron chi connectivity index (χ1n) is 7.30. The Hall–Kier alpha value is -0.840. The molecule has 1 N–H and O–H groups in total. The van der Waals surface area contributed by atoms with Crippen LogP contribution in [0, 0.1) is 0 Å². The van der Waals surface area contributed by atoms with Crippen LogP contribution in [0.25, 0.3) is 0 Å². The minimum Gasteiger partial charge on any atom is -0.492 e. The van der Waals surface area contributed by atoms with Gasteiger partial charge >= 0.3 is 0 Å². The largest absolute Gasteiger partial charge is 0.492 e. The van der Waals surface area contributed by atoms with E-state index in [2.05, 4.69) is 27.8 Å². The van der Waals surface area contributed by atoms with Gasteiger partial charge in [-0.2, -0.15) is 17.6 Å². The molecule has 4 nitrogen and oxygen atoms in total. The Morgan fingerprint density at radius 3 is 2.16 bits per heavy atom. The van der Waals surface area contributed by atoms with Gasteiger partial charge in [0, 0.05) is 11.2 Å². The summed E-state index contributed by atoms with van der Waals surface area (Å²) in [7, 11) is 0. The molecule has 19 heavy (non-hydrogen) atoms. The van der Waals surface area contributed by atoms with Crippen molar-refractivity contribution in [2.75, 3.05) is 0 Å². The van der Waals surface area contributed by atoms with Gasteiger partial charge in [-0.3, -0.25) is 0 Å². The van der Waals surface area contributed by atoms with Gasteiger partial charge in [-0.15, -0.1) is 10.2 Å². The standard InChI is InChI=1S/C14H23N3OS/c1-10(19)12-14(18)15-13(17-16-12)11-8-6-4-2-3-5-7-9-11/h10-11,19H,2-9H2,1H3,(H,15,17,18). The molecule has 1 atom stereocenters. The van der Waals surface area contributed by atoms with E-state index in [4.69, 9.17) is 0 Å². The average molecular weight is 281 g/mol. The molecule has 5 heteroatoms. The predicted molar refractivity (Wildman–Crippen MR) is 78.6 cm³/mol. The molecule has 1 unspecified atom stereocenters. The van der Waals surface area contributed by atoms with Crippen molar-refractivity contribution in [1.82, 2.24) is 15.2 Å². The number of nitrogens with zero attached hydrogens (tertiary/aromatic N) is 3. The van der Waals surface area contributed by atoms with Gasteiger partial charge in [0.2, 0.25) is 5.88 Å². The lowest BCUT2D eigenvalue weighted by Gasteiger charge is -2.14. The van der Waals surface area contributed by atoms with Gasteiger partial charge in [0.25, 0.3) is 0 Å². The van der Waals surface area contributed by atoms with E-state index in [9.17, 15) is 5.11 Å². The molecule has 1 aromatic heterocycles. The van der Waals surface area contributed by atoms with Crippen LogP contribution in [-0.4, -0.2) is 20.3 Å². The number of hydrogen-bond donors (Lipinski definition) is 2. The summed E-state index contributed by atoms with van der Waals surface area (Å²) in [6.45, 7) is 1.86. The van der Waals surface area contributed by atoms with E-state index >= 15 is 0 Å². The first-order chi connectivity index (χ1) is 9.18. The summed E-state index contributed by atoms with van der Waals surface area (Å²) >= 11 is 4.26. The highest BCUT2D eigenvalue weighted by Gasteiger charge is 2.19. The quantitative estimate of drug-likeness (QED) is 0.810. The van der Waals surface area contributed by atoms with Crippen molar-refractivity contribution in [3.63, 3.8) is 0 Å². The second kappa shape index (κ2) is 7.08. The lowest BCUT2D eigenvalue weighted by Crippen LogP contribution is -2.08. The number of thiol groups is 1. The van der Waals surface area contributed by atoms with Gasteiger partial charge in [0.15, 0.2) is 5.82 Å². The minimum atomic E-state index is -0.144. The maximum atomic E-state index is 9.91. The van der Waals surface area contributed by atoms with E-state index in [1.165, 1.54) is 38.5 Å². The Kier molecular flexibility index (Phi) is 5.43. The molecule has 1 heterocycles. The van der Waals surface area contributed by atoms with Gasteiger partial charge in [0.05, 0.1) is 0 Å². The number of rotatable bonds is 2. The second-order valence-corrected chi connectivity index (χ2v) is 6.23. The van der Waals surface area contributed by atoms with Crippen LogP contribution < -0.4 is 0 Å².